The summed E-state index contributed by atoms with van der Waals surface area (Å²) in [6, 6.07) is 7.84. The second kappa shape index (κ2) is 6.01. The van der Waals surface area contributed by atoms with E-state index in [1.807, 2.05) is 0 Å². The zero-order valence-corrected chi connectivity index (χ0v) is 13.7. The van der Waals surface area contributed by atoms with Gasteiger partial charge in [-0.15, -0.1) is 0 Å². The van der Waals surface area contributed by atoms with Crippen molar-refractivity contribution in [1.29, 1.82) is 5.26 Å². The standard InChI is InChI=1S/C17H21N5O/c1-4-12-10-22(11(2)9-19-12)15-7-16(23)21(3)14-6-5-13(8-18)20-17(14)15/h5-7,11-12,19H,4,9-10H2,1-3H3/t11-,12+/m0/s1. The third kappa shape index (κ3) is 2.68. The number of nitriles is 1. The number of hydrogen-bond acceptors (Lipinski definition) is 5. The number of hydrogen-bond donors (Lipinski definition) is 1. The fourth-order valence-corrected chi connectivity index (χ4v) is 3.13. The first-order chi connectivity index (χ1) is 11.0. The van der Waals surface area contributed by atoms with E-state index in [9.17, 15) is 4.79 Å². The SMILES string of the molecule is CC[C@@H]1CN(c2cc(=O)n(C)c3ccc(C#N)nc23)[C@@H](C)CN1. The Hall–Kier alpha value is -2.39. The fraction of sp³-hybridized carbons (Fsp3) is 0.471. The molecule has 2 atom stereocenters. The highest BCUT2D eigenvalue weighted by molar-refractivity contribution is 5.89. The van der Waals surface area contributed by atoms with Gasteiger partial charge in [-0.05, 0) is 25.5 Å². The molecule has 0 aromatic carbocycles. The Kier molecular flexibility index (Phi) is 4.05. The van der Waals surface area contributed by atoms with Crippen molar-refractivity contribution in [2.45, 2.75) is 32.4 Å². The molecule has 1 aliphatic rings. The molecule has 6 heteroatoms. The number of nitrogens with one attached hydrogen (secondary N) is 1. The maximum Gasteiger partial charge on any atom is 0.252 e. The van der Waals surface area contributed by atoms with Gasteiger partial charge in [0.15, 0.2) is 0 Å². The summed E-state index contributed by atoms with van der Waals surface area (Å²) in [5, 5.41) is 12.7. The number of rotatable bonds is 2. The molecular formula is C17H21N5O. The first kappa shape index (κ1) is 15.5. The quantitative estimate of drug-likeness (QED) is 0.907. The topological polar surface area (TPSA) is 74.0 Å². The van der Waals surface area contributed by atoms with Crippen molar-refractivity contribution in [3.8, 4) is 6.07 Å². The summed E-state index contributed by atoms with van der Waals surface area (Å²) in [7, 11) is 1.73. The highest BCUT2D eigenvalue weighted by Gasteiger charge is 2.26. The van der Waals surface area contributed by atoms with Crippen LogP contribution in [-0.4, -0.2) is 34.7 Å². The van der Waals surface area contributed by atoms with Crippen LogP contribution in [0.5, 0.6) is 0 Å². The summed E-state index contributed by atoms with van der Waals surface area (Å²) in [6.07, 6.45) is 1.03. The molecular weight excluding hydrogens is 290 g/mol. The number of anilines is 1. The molecule has 2 aromatic heterocycles. The Labute approximate surface area is 135 Å². The van der Waals surface area contributed by atoms with E-state index < -0.39 is 0 Å². The average molecular weight is 311 g/mol. The van der Waals surface area contributed by atoms with E-state index in [-0.39, 0.29) is 11.6 Å². The van der Waals surface area contributed by atoms with Gasteiger partial charge in [0.25, 0.3) is 5.56 Å². The highest BCUT2D eigenvalue weighted by Crippen LogP contribution is 2.27. The Morgan fingerprint density at radius 2 is 2.26 bits per heavy atom. The molecule has 0 spiro atoms. The minimum Gasteiger partial charge on any atom is -0.364 e. The number of pyridine rings is 2. The second-order valence-electron chi connectivity index (χ2n) is 6.12. The Bertz CT molecular complexity index is 835. The van der Waals surface area contributed by atoms with Crippen molar-refractivity contribution < 1.29 is 0 Å². The number of aromatic nitrogens is 2. The van der Waals surface area contributed by atoms with Gasteiger partial charge in [-0.3, -0.25) is 4.79 Å². The summed E-state index contributed by atoms with van der Waals surface area (Å²) < 4.78 is 1.58. The predicted molar refractivity (Wildman–Crippen MR) is 90.6 cm³/mol. The van der Waals surface area contributed by atoms with Crippen LogP contribution >= 0.6 is 0 Å². The van der Waals surface area contributed by atoms with Gasteiger partial charge in [-0.1, -0.05) is 6.92 Å². The van der Waals surface area contributed by atoms with Crippen molar-refractivity contribution in [1.82, 2.24) is 14.9 Å². The van der Waals surface area contributed by atoms with Gasteiger partial charge in [0, 0.05) is 38.3 Å². The molecule has 6 nitrogen and oxygen atoms in total. The van der Waals surface area contributed by atoms with Gasteiger partial charge in [-0.25, -0.2) is 4.98 Å². The van der Waals surface area contributed by atoms with E-state index in [2.05, 4.69) is 35.1 Å². The van der Waals surface area contributed by atoms with Crippen LogP contribution < -0.4 is 15.8 Å². The Morgan fingerprint density at radius 3 is 2.96 bits per heavy atom. The van der Waals surface area contributed by atoms with Crippen LogP contribution in [0.1, 0.15) is 26.0 Å². The van der Waals surface area contributed by atoms with Gasteiger partial charge in [0.2, 0.25) is 0 Å². The minimum atomic E-state index is -0.0576. The fourth-order valence-electron chi connectivity index (χ4n) is 3.13. The van der Waals surface area contributed by atoms with E-state index in [1.165, 1.54) is 0 Å². The third-order valence-corrected chi connectivity index (χ3v) is 4.64. The lowest BCUT2D eigenvalue weighted by molar-refractivity contribution is 0.398. The number of aryl methyl sites for hydroxylation is 1. The van der Waals surface area contributed by atoms with Gasteiger partial charge in [0.05, 0.1) is 11.2 Å². The van der Waals surface area contributed by atoms with Crippen LogP contribution in [0, 0.1) is 11.3 Å². The molecule has 3 rings (SSSR count). The molecule has 0 amide bonds. The smallest absolute Gasteiger partial charge is 0.252 e. The lowest BCUT2D eigenvalue weighted by atomic mass is 10.1. The molecule has 1 aliphatic heterocycles. The van der Waals surface area contributed by atoms with Crippen LogP contribution in [0.3, 0.4) is 0 Å². The van der Waals surface area contributed by atoms with Crippen LogP contribution in [-0.2, 0) is 7.05 Å². The molecule has 3 heterocycles. The molecule has 1 saturated heterocycles. The van der Waals surface area contributed by atoms with E-state index in [4.69, 9.17) is 5.26 Å². The van der Waals surface area contributed by atoms with Crippen LogP contribution in [0.15, 0.2) is 23.0 Å². The normalized spacial score (nSPS) is 21.4. The lowest BCUT2D eigenvalue weighted by Crippen LogP contribution is -2.55. The second-order valence-corrected chi connectivity index (χ2v) is 6.12. The molecule has 0 radical (unpaired) electrons. The van der Waals surface area contributed by atoms with Crippen LogP contribution in [0.4, 0.5) is 5.69 Å². The number of nitrogens with zero attached hydrogens (tertiary/aromatic N) is 4. The van der Waals surface area contributed by atoms with Crippen molar-refractivity contribution in [2.75, 3.05) is 18.0 Å². The largest absolute Gasteiger partial charge is 0.364 e. The van der Waals surface area contributed by atoms with Crippen molar-refractivity contribution in [2.24, 2.45) is 7.05 Å². The first-order valence-electron chi connectivity index (χ1n) is 7.96. The Balaban J connectivity index is 2.21. The first-order valence-corrected chi connectivity index (χ1v) is 7.96. The minimum absolute atomic E-state index is 0.0576. The summed E-state index contributed by atoms with van der Waals surface area (Å²) in [5.74, 6) is 0. The highest BCUT2D eigenvalue weighted by atomic mass is 16.1. The zero-order valence-electron chi connectivity index (χ0n) is 13.7. The predicted octanol–water partition coefficient (Wildman–Crippen LogP) is 1.38. The molecule has 0 unspecified atom stereocenters. The molecule has 1 fully saturated rings. The van der Waals surface area contributed by atoms with E-state index in [1.54, 1.807) is 29.8 Å². The van der Waals surface area contributed by atoms with Crippen LogP contribution in [0.25, 0.3) is 11.0 Å². The van der Waals surface area contributed by atoms with E-state index in [0.717, 1.165) is 36.2 Å². The van der Waals surface area contributed by atoms with Gasteiger partial charge in [-0.2, -0.15) is 5.26 Å². The average Bonchev–Trinajstić information content (AvgIpc) is 2.58. The van der Waals surface area contributed by atoms with Crippen molar-refractivity contribution >= 4 is 16.7 Å². The van der Waals surface area contributed by atoms with E-state index in [0.29, 0.717) is 11.7 Å². The maximum absolute atomic E-state index is 12.3. The number of fused-ring (bicyclic) bond motifs is 1. The summed E-state index contributed by atoms with van der Waals surface area (Å²) in [4.78, 5) is 19.0. The van der Waals surface area contributed by atoms with Gasteiger partial charge >= 0.3 is 0 Å². The molecule has 120 valence electrons. The molecule has 23 heavy (non-hydrogen) atoms. The maximum atomic E-state index is 12.3. The molecule has 0 bridgehead atoms. The van der Waals surface area contributed by atoms with Crippen molar-refractivity contribution in [3.63, 3.8) is 0 Å². The van der Waals surface area contributed by atoms with E-state index >= 15 is 0 Å². The summed E-state index contributed by atoms with van der Waals surface area (Å²) in [5.41, 5.74) is 2.61. The van der Waals surface area contributed by atoms with Crippen molar-refractivity contribution in [3.05, 3.63) is 34.2 Å². The third-order valence-electron chi connectivity index (χ3n) is 4.64. The lowest BCUT2D eigenvalue weighted by Gasteiger charge is -2.40. The summed E-state index contributed by atoms with van der Waals surface area (Å²) in [6.45, 7) is 5.99. The van der Waals surface area contributed by atoms with Gasteiger partial charge < -0.3 is 14.8 Å². The summed E-state index contributed by atoms with van der Waals surface area (Å²) >= 11 is 0. The molecule has 1 N–H and O–H groups in total. The zero-order chi connectivity index (χ0) is 16.6. The monoisotopic (exact) mass is 311 g/mol. The molecule has 0 saturated carbocycles. The van der Waals surface area contributed by atoms with Crippen LogP contribution in [0.2, 0.25) is 0 Å². The Morgan fingerprint density at radius 1 is 1.48 bits per heavy atom. The van der Waals surface area contributed by atoms with Gasteiger partial charge in [0.1, 0.15) is 17.3 Å². The number of piperazine rings is 1. The molecule has 2 aromatic rings. The molecule has 0 aliphatic carbocycles.